The second-order valence-corrected chi connectivity index (χ2v) is 7.90. The van der Waals surface area contributed by atoms with Crippen molar-refractivity contribution in [2.45, 2.75) is 13.5 Å². The number of amidine groups is 1. The minimum Gasteiger partial charge on any atom is -0.263 e. The maximum absolute atomic E-state index is 12.9. The minimum absolute atomic E-state index is 0.224. The summed E-state index contributed by atoms with van der Waals surface area (Å²) in [4.78, 5) is 4.56. The lowest BCUT2D eigenvalue weighted by atomic mass is 10.1. The van der Waals surface area contributed by atoms with Gasteiger partial charge in [-0.15, -0.1) is 0 Å². The Kier molecular flexibility index (Phi) is 4.56. The van der Waals surface area contributed by atoms with Gasteiger partial charge in [0.05, 0.1) is 6.54 Å². The molecule has 2 aromatic carbocycles. The first-order valence-electron chi connectivity index (χ1n) is 7.16. The number of hydrogen-bond acceptors (Lipinski definition) is 3. The topological polar surface area (TPSA) is 58.5 Å². The smallest absolute Gasteiger partial charge is 0.263 e. The number of sulfonamides is 1. The minimum atomic E-state index is -3.65. The third-order valence-electron chi connectivity index (χ3n) is 3.62. The van der Waals surface area contributed by atoms with Gasteiger partial charge in [0.2, 0.25) is 0 Å². The van der Waals surface area contributed by atoms with Crippen molar-refractivity contribution in [3.63, 3.8) is 0 Å². The molecule has 1 aliphatic rings. The van der Waals surface area contributed by atoms with E-state index in [1.165, 1.54) is 12.1 Å². The Morgan fingerprint density at radius 1 is 1.17 bits per heavy atom. The van der Waals surface area contributed by atoms with Crippen LogP contribution in [0.2, 0.25) is 0 Å². The highest BCUT2D eigenvalue weighted by molar-refractivity contribution is 9.10. The molecule has 0 amide bonds. The summed E-state index contributed by atoms with van der Waals surface area (Å²) < 4.78 is 41.1. The van der Waals surface area contributed by atoms with Crippen LogP contribution in [0.15, 0.2) is 63.6 Å². The van der Waals surface area contributed by atoms with Gasteiger partial charge in [-0.1, -0.05) is 40.2 Å². The molecule has 1 heterocycles. The van der Waals surface area contributed by atoms with Crippen LogP contribution in [0.1, 0.15) is 18.1 Å². The number of nitrogens with one attached hydrogen (secondary N) is 1. The second-order valence-electron chi connectivity index (χ2n) is 5.36. The third-order valence-corrected chi connectivity index (χ3v) is 5.65. The zero-order chi connectivity index (χ0) is 17.3. The van der Waals surface area contributed by atoms with Crippen molar-refractivity contribution in [2.24, 2.45) is 4.99 Å². The van der Waals surface area contributed by atoms with Crippen LogP contribution in [-0.2, 0) is 16.6 Å². The van der Waals surface area contributed by atoms with E-state index in [-0.39, 0.29) is 17.3 Å². The van der Waals surface area contributed by atoms with E-state index in [9.17, 15) is 12.8 Å². The number of aliphatic imine (C=N–C) groups is 1. The van der Waals surface area contributed by atoms with Gasteiger partial charge in [0.25, 0.3) is 10.0 Å². The number of halogens is 2. The highest BCUT2D eigenvalue weighted by atomic mass is 79.9. The average molecular weight is 409 g/mol. The molecule has 0 spiro atoms. The number of benzene rings is 2. The molecular weight excluding hydrogens is 395 g/mol. The molecule has 2 aromatic rings. The van der Waals surface area contributed by atoms with E-state index in [0.717, 1.165) is 10.0 Å². The fourth-order valence-electron chi connectivity index (χ4n) is 2.48. The summed E-state index contributed by atoms with van der Waals surface area (Å²) in [6.45, 7) is 1.98. The van der Waals surface area contributed by atoms with Gasteiger partial charge < -0.3 is 0 Å². The molecule has 0 aromatic heterocycles. The number of rotatable bonds is 3. The Morgan fingerprint density at radius 2 is 1.88 bits per heavy atom. The molecule has 0 atom stereocenters. The quantitative estimate of drug-likeness (QED) is 0.838. The maximum Gasteiger partial charge on any atom is 0.264 e. The normalized spacial score (nSPS) is 18.0. The van der Waals surface area contributed by atoms with Gasteiger partial charge in [-0.3, -0.25) is 9.71 Å². The fraction of sp³-hybridized carbons (Fsp3) is 0.118. The van der Waals surface area contributed by atoms with Crippen molar-refractivity contribution in [3.05, 3.63) is 75.5 Å². The van der Waals surface area contributed by atoms with E-state index in [1.807, 2.05) is 6.07 Å². The number of hydrogen-bond donors (Lipinski definition) is 1. The monoisotopic (exact) mass is 408 g/mol. The molecule has 1 N–H and O–H groups in total. The standard InChI is InChI=1S/C17H14BrFN2O2S/c1-11-16(13-3-2-4-14(18)9-13)24(22,23)21-17(11)20-10-12-5-7-15(19)8-6-12/h2-9H,10H2,1H3,(H,20,21). The molecule has 1 aliphatic heterocycles. The van der Waals surface area contributed by atoms with Crippen LogP contribution in [0, 0.1) is 5.82 Å². The molecule has 0 radical (unpaired) electrons. The van der Waals surface area contributed by atoms with Gasteiger partial charge in [0.15, 0.2) is 0 Å². The van der Waals surface area contributed by atoms with Crippen LogP contribution in [0.25, 0.3) is 4.91 Å². The van der Waals surface area contributed by atoms with E-state index in [4.69, 9.17) is 0 Å². The van der Waals surface area contributed by atoms with E-state index < -0.39 is 10.0 Å². The molecule has 0 unspecified atom stereocenters. The SMILES string of the molecule is CC1=C(c2cccc(Br)c2)S(=O)(=O)NC1=NCc1ccc(F)cc1. The molecule has 0 saturated heterocycles. The average Bonchev–Trinajstić information content (AvgIpc) is 2.75. The molecule has 24 heavy (non-hydrogen) atoms. The molecular formula is C17H14BrFN2O2S. The van der Waals surface area contributed by atoms with E-state index in [2.05, 4.69) is 25.6 Å². The summed E-state index contributed by atoms with van der Waals surface area (Å²) in [5.74, 6) is -0.00436. The van der Waals surface area contributed by atoms with Crippen LogP contribution in [0.3, 0.4) is 0 Å². The highest BCUT2D eigenvalue weighted by Gasteiger charge is 2.32. The Bertz CT molecular complexity index is 951. The first-order valence-corrected chi connectivity index (χ1v) is 9.43. The van der Waals surface area contributed by atoms with Crippen molar-refractivity contribution >= 4 is 36.7 Å². The summed E-state index contributed by atoms with van der Waals surface area (Å²) >= 11 is 3.35. The van der Waals surface area contributed by atoms with Crippen LogP contribution in [0.5, 0.6) is 0 Å². The second kappa shape index (κ2) is 6.49. The molecule has 4 nitrogen and oxygen atoms in total. The Hall–Kier alpha value is -1.99. The summed E-state index contributed by atoms with van der Waals surface area (Å²) in [5.41, 5.74) is 1.96. The molecule has 124 valence electrons. The third kappa shape index (κ3) is 3.42. The summed E-state index contributed by atoms with van der Waals surface area (Å²) in [5, 5.41) is 0. The van der Waals surface area contributed by atoms with Crippen molar-refractivity contribution < 1.29 is 12.8 Å². The molecule has 3 rings (SSSR count). The van der Waals surface area contributed by atoms with Crippen LogP contribution in [0.4, 0.5) is 4.39 Å². The zero-order valence-corrected chi connectivity index (χ0v) is 15.2. The Labute approximate surface area is 148 Å². The molecule has 0 aliphatic carbocycles. The summed E-state index contributed by atoms with van der Waals surface area (Å²) in [7, 11) is -3.65. The van der Waals surface area contributed by atoms with E-state index >= 15 is 0 Å². The molecule has 7 heteroatoms. The van der Waals surface area contributed by atoms with Gasteiger partial charge in [-0.2, -0.15) is 0 Å². The van der Waals surface area contributed by atoms with E-state index in [0.29, 0.717) is 17.0 Å². The predicted molar refractivity (Wildman–Crippen MR) is 96.3 cm³/mol. The van der Waals surface area contributed by atoms with Gasteiger partial charge in [0.1, 0.15) is 16.6 Å². The Morgan fingerprint density at radius 3 is 2.54 bits per heavy atom. The first kappa shape index (κ1) is 16.9. The van der Waals surface area contributed by atoms with Crippen molar-refractivity contribution in [3.8, 4) is 0 Å². The van der Waals surface area contributed by atoms with E-state index in [1.54, 1.807) is 37.3 Å². The Balaban J connectivity index is 1.96. The highest BCUT2D eigenvalue weighted by Crippen LogP contribution is 2.31. The van der Waals surface area contributed by atoms with Crippen molar-refractivity contribution in [1.82, 2.24) is 4.72 Å². The van der Waals surface area contributed by atoms with Gasteiger partial charge in [0, 0.05) is 10.0 Å². The first-order chi connectivity index (χ1) is 11.4. The lowest BCUT2D eigenvalue weighted by molar-refractivity contribution is 0.603. The summed E-state index contributed by atoms with van der Waals surface area (Å²) in [6, 6.07) is 13.1. The maximum atomic E-state index is 12.9. The predicted octanol–water partition coefficient (Wildman–Crippen LogP) is 3.85. The molecule has 0 saturated carbocycles. The van der Waals surface area contributed by atoms with Gasteiger partial charge >= 0.3 is 0 Å². The van der Waals surface area contributed by atoms with Crippen molar-refractivity contribution in [1.29, 1.82) is 0 Å². The largest absolute Gasteiger partial charge is 0.264 e. The number of nitrogens with zero attached hydrogens (tertiary/aromatic N) is 1. The molecule has 0 fully saturated rings. The lowest BCUT2D eigenvalue weighted by Gasteiger charge is -2.03. The van der Waals surface area contributed by atoms with Crippen molar-refractivity contribution in [2.75, 3.05) is 0 Å². The van der Waals surface area contributed by atoms with Crippen LogP contribution < -0.4 is 4.72 Å². The van der Waals surface area contributed by atoms with Crippen LogP contribution >= 0.6 is 15.9 Å². The lowest BCUT2D eigenvalue weighted by Crippen LogP contribution is -2.23. The van der Waals surface area contributed by atoms with Gasteiger partial charge in [-0.05, 0) is 42.3 Å². The fourth-order valence-corrected chi connectivity index (χ4v) is 4.39. The molecule has 0 bridgehead atoms. The van der Waals surface area contributed by atoms with Crippen LogP contribution in [-0.4, -0.2) is 14.3 Å². The summed E-state index contributed by atoms with van der Waals surface area (Å²) in [6.07, 6.45) is 0. The van der Waals surface area contributed by atoms with Gasteiger partial charge in [-0.25, -0.2) is 12.8 Å². The zero-order valence-electron chi connectivity index (χ0n) is 12.8.